The molecule has 0 aliphatic carbocycles. The summed E-state index contributed by atoms with van der Waals surface area (Å²) in [6.07, 6.45) is 4.18. The van der Waals surface area contributed by atoms with Crippen molar-refractivity contribution in [1.29, 1.82) is 0 Å². The van der Waals surface area contributed by atoms with Crippen LogP contribution in [0.25, 0.3) is 0 Å². The number of hydrogen-bond acceptors (Lipinski definition) is 9. The van der Waals surface area contributed by atoms with E-state index in [-0.39, 0.29) is 42.1 Å². The lowest BCUT2D eigenvalue weighted by molar-refractivity contribution is -0.142. The average Bonchev–Trinajstić information content (AvgIpc) is 3.93. The van der Waals surface area contributed by atoms with Crippen LogP contribution >= 0.6 is 22.7 Å². The Balaban J connectivity index is 1.31. The second kappa shape index (κ2) is 15.1. The van der Waals surface area contributed by atoms with Crippen LogP contribution in [0.2, 0.25) is 0 Å². The quantitative estimate of drug-likeness (QED) is 0.137. The molecular weight excluding hydrogens is 727 g/mol. The van der Waals surface area contributed by atoms with E-state index in [4.69, 9.17) is 12.8 Å². The van der Waals surface area contributed by atoms with E-state index in [0.29, 0.717) is 63.3 Å². The van der Waals surface area contributed by atoms with Crippen LogP contribution in [0.15, 0.2) is 22.9 Å². The van der Waals surface area contributed by atoms with Crippen molar-refractivity contribution in [2.24, 2.45) is 0 Å². The van der Waals surface area contributed by atoms with Crippen LogP contribution in [0.4, 0.5) is 26.3 Å². The van der Waals surface area contributed by atoms with Gasteiger partial charge < -0.3 is 0 Å². The fraction of sp³-hybridized carbons (Fsp3) is 0.514. The standard InChI is InChI=1S/C35H36F6N8OS2/c1-5-25-19-51-32(42-25)23-7-11-46(12-8-23)27(17-48-21(3)15-29(44-48)34(36,37)38)31(50)28(18-49-22(4)16-30(45-49)35(39,40)41)47-13-9-24(10-14-47)33-43-26(6-2)20-52-33/h1-2,15-16,19-20,23-24,27-28H,7-14,17-18H2,3-4H3. The van der Waals surface area contributed by atoms with Crippen LogP contribution in [-0.2, 0) is 30.2 Å². The minimum absolute atomic E-state index is 0.0885. The summed E-state index contributed by atoms with van der Waals surface area (Å²) in [5.74, 6) is 4.93. The number of aromatic nitrogens is 6. The molecule has 0 radical (unpaired) electrons. The van der Waals surface area contributed by atoms with Crippen molar-refractivity contribution in [2.45, 2.75) is 88.9 Å². The molecule has 2 atom stereocenters. The van der Waals surface area contributed by atoms with Gasteiger partial charge in [0.1, 0.15) is 11.4 Å². The fourth-order valence-electron chi connectivity index (χ4n) is 6.99. The van der Waals surface area contributed by atoms with Crippen LogP contribution in [-0.4, -0.2) is 83.4 Å². The molecule has 2 aliphatic rings. The highest BCUT2D eigenvalue weighted by atomic mass is 32.1. The van der Waals surface area contributed by atoms with Gasteiger partial charge in [-0.05, 0) is 89.7 Å². The Morgan fingerprint density at radius 2 is 1.12 bits per heavy atom. The minimum atomic E-state index is -4.68. The van der Waals surface area contributed by atoms with Crippen molar-refractivity contribution < 1.29 is 31.1 Å². The van der Waals surface area contributed by atoms with Gasteiger partial charge in [0.2, 0.25) is 0 Å². The summed E-state index contributed by atoms with van der Waals surface area (Å²) in [6.45, 7) is 4.41. The SMILES string of the molecule is C#Cc1csc(C2CCN(C(Cn3nc(C(F)(F)F)cc3C)C(=O)C(Cn3nc(C(F)(F)F)cc3C)N3CCC(c4nc(C#C)cs4)CC3)CC2)n1. The van der Waals surface area contributed by atoms with Crippen molar-refractivity contribution in [3.05, 3.63) is 67.1 Å². The number of alkyl halides is 6. The summed E-state index contributed by atoms with van der Waals surface area (Å²) in [5.41, 5.74) is -0.576. The van der Waals surface area contributed by atoms with E-state index in [1.807, 2.05) is 20.6 Å². The first kappa shape index (κ1) is 37.7. The van der Waals surface area contributed by atoms with Crippen molar-refractivity contribution in [3.63, 3.8) is 0 Å². The molecule has 6 heterocycles. The third kappa shape index (κ3) is 8.28. The number of aryl methyl sites for hydroxylation is 2. The number of nitrogens with zero attached hydrogens (tertiary/aromatic N) is 8. The van der Waals surface area contributed by atoms with Gasteiger partial charge in [0, 0.05) is 34.0 Å². The lowest BCUT2D eigenvalue weighted by Gasteiger charge is -2.41. The highest BCUT2D eigenvalue weighted by Gasteiger charge is 2.41. The zero-order valence-corrected chi connectivity index (χ0v) is 30.0. The molecule has 17 heteroatoms. The van der Waals surface area contributed by atoms with Crippen LogP contribution in [0.3, 0.4) is 0 Å². The normalized spacial score (nSPS) is 18.3. The first-order valence-electron chi connectivity index (χ1n) is 16.7. The zero-order valence-electron chi connectivity index (χ0n) is 28.4. The van der Waals surface area contributed by atoms with Gasteiger partial charge in [0.05, 0.1) is 35.2 Å². The molecule has 2 aliphatic heterocycles. The fourth-order valence-corrected chi connectivity index (χ4v) is 8.85. The number of ketones is 1. The molecule has 4 aromatic rings. The van der Waals surface area contributed by atoms with Gasteiger partial charge in [-0.25, -0.2) is 9.97 Å². The number of carbonyl (C=O) groups excluding carboxylic acids is 1. The average molecular weight is 763 g/mol. The molecule has 0 aromatic carbocycles. The van der Waals surface area contributed by atoms with E-state index in [9.17, 15) is 31.1 Å². The molecule has 2 unspecified atom stereocenters. The van der Waals surface area contributed by atoms with Gasteiger partial charge in [-0.1, -0.05) is 0 Å². The van der Waals surface area contributed by atoms with Crippen molar-refractivity contribution >= 4 is 28.5 Å². The van der Waals surface area contributed by atoms with E-state index in [1.54, 1.807) is 0 Å². The van der Waals surface area contributed by atoms with Crippen LogP contribution < -0.4 is 0 Å². The first-order valence-corrected chi connectivity index (χ1v) is 18.5. The monoisotopic (exact) mass is 762 g/mol. The van der Waals surface area contributed by atoms with E-state index < -0.39 is 35.8 Å². The predicted molar refractivity (Wildman–Crippen MR) is 184 cm³/mol. The molecular formula is C35H36F6N8OS2. The van der Waals surface area contributed by atoms with E-state index in [1.165, 1.54) is 45.9 Å². The number of likely N-dealkylation sites (tertiary alicyclic amines) is 2. The highest BCUT2D eigenvalue weighted by Crippen LogP contribution is 2.35. The van der Waals surface area contributed by atoms with Gasteiger partial charge in [-0.3, -0.25) is 24.0 Å². The van der Waals surface area contributed by atoms with Gasteiger partial charge in [0.15, 0.2) is 17.2 Å². The summed E-state index contributed by atoms with van der Waals surface area (Å²) in [7, 11) is 0. The van der Waals surface area contributed by atoms with Crippen molar-refractivity contribution in [2.75, 3.05) is 26.2 Å². The smallest absolute Gasteiger partial charge is 0.296 e. The van der Waals surface area contributed by atoms with E-state index in [0.717, 1.165) is 22.1 Å². The minimum Gasteiger partial charge on any atom is -0.296 e. The molecule has 52 heavy (non-hydrogen) atoms. The molecule has 0 saturated carbocycles. The number of hydrogen-bond donors (Lipinski definition) is 0. The van der Waals surface area contributed by atoms with E-state index >= 15 is 0 Å². The lowest BCUT2D eigenvalue weighted by Crippen LogP contribution is -2.57. The molecule has 6 rings (SSSR count). The maximum atomic E-state index is 15.0. The number of Topliss-reactive ketones (excluding diaryl/α,β-unsaturated/α-hetero) is 1. The lowest BCUT2D eigenvalue weighted by atomic mass is 9.91. The van der Waals surface area contributed by atoms with Crippen LogP contribution in [0.1, 0.15) is 81.7 Å². The van der Waals surface area contributed by atoms with Gasteiger partial charge in [-0.15, -0.1) is 35.5 Å². The zero-order chi connectivity index (χ0) is 37.4. The number of terminal acetylenes is 2. The molecule has 0 amide bonds. The number of thiazole rings is 2. The Morgan fingerprint density at radius 1 is 0.750 bits per heavy atom. The number of rotatable bonds is 10. The molecule has 2 saturated heterocycles. The number of piperidine rings is 2. The Morgan fingerprint density at radius 3 is 1.40 bits per heavy atom. The molecule has 0 N–H and O–H groups in total. The summed E-state index contributed by atoms with van der Waals surface area (Å²) in [4.78, 5) is 28.0. The summed E-state index contributed by atoms with van der Waals surface area (Å²) < 4.78 is 84.6. The molecule has 2 fully saturated rings. The van der Waals surface area contributed by atoms with Crippen molar-refractivity contribution in [3.8, 4) is 24.7 Å². The maximum absolute atomic E-state index is 15.0. The van der Waals surface area contributed by atoms with Crippen molar-refractivity contribution in [1.82, 2.24) is 39.3 Å². The first-order chi connectivity index (χ1) is 24.6. The second-order valence-electron chi connectivity index (χ2n) is 13.2. The molecule has 0 spiro atoms. The van der Waals surface area contributed by atoms with Crippen LogP contribution in [0, 0.1) is 38.5 Å². The topological polar surface area (TPSA) is 85.0 Å². The summed E-state index contributed by atoms with van der Waals surface area (Å²) >= 11 is 2.94. The molecule has 276 valence electrons. The summed E-state index contributed by atoms with van der Waals surface area (Å²) in [5, 5.41) is 13.1. The maximum Gasteiger partial charge on any atom is 0.435 e. The summed E-state index contributed by atoms with van der Waals surface area (Å²) in [6, 6.07) is 0.0155. The molecule has 4 aromatic heterocycles. The number of carbonyl (C=O) groups is 1. The Bertz CT molecular complexity index is 1820. The third-order valence-electron chi connectivity index (χ3n) is 9.87. The van der Waals surface area contributed by atoms with Crippen LogP contribution in [0.5, 0.6) is 0 Å². The van der Waals surface area contributed by atoms with E-state index in [2.05, 4.69) is 32.0 Å². The largest absolute Gasteiger partial charge is 0.435 e. The molecule has 9 nitrogen and oxygen atoms in total. The molecule has 0 bridgehead atoms. The number of halogens is 6. The Hall–Kier alpha value is -4.03. The van der Waals surface area contributed by atoms with Gasteiger partial charge >= 0.3 is 12.4 Å². The van der Waals surface area contributed by atoms with Gasteiger partial charge in [0.25, 0.3) is 0 Å². The Labute approximate surface area is 305 Å². The second-order valence-corrected chi connectivity index (χ2v) is 15.0. The Kier molecular flexibility index (Phi) is 11.0. The predicted octanol–water partition coefficient (Wildman–Crippen LogP) is 6.38. The highest BCUT2D eigenvalue weighted by molar-refractivity contribution is 7.10. The van der Waals surface area contributed by atoms with Gasteiger partial charge in [-0.2, -0.15) is 36.5 Å². The third-order valence-corrected chi connectivity index (χ3v) is 11.9.